The summed E-state index contributed by atoms with van der Waals surface area (Å²) in [7, 11) is 5.06. The number of likely N-dealkylation sites (tertiary alicyclic amines) is 1. The zero-order valence-electron chi connectivity index (χ0n) is 12.6. The molecular weight excluding hydrogens is 274 g/mol. The molecule has 0 saturated carbocycles. The van der Waals surface area contributed by atoms with Crippen LogP contribution in [0.5, 0.6) is 11.5 Å². The van der Waals surface area contributed by atoms with E-state index in [1.165, 1.54) is 20.3 Å². The van der Waals surface area contributed by atoms with E-state index in [1.807, 2.05) is 0 Å². The van der Waals surface area contributed by atoms with Crippen molar-refractivity contribution in [2.45, 2.75) is 18.9 Å². The Kier molecular flexibility index (Phi) is 4.85. The van der Waals surface area contributed by atoms with Crippen LogP contribution in [-0.4, -0.2) is 50.2 Å². The molecule has 0 atom stereocenters. The van der Waals surface area contributed by atoms with Gasteiger partial charge in [-0.1, -0.05) is 0 Å². The van der Waals surface area contributed by atoms with Gasteiger partial charge in [-0.15, -0.1) is 0 Å². The molecule has 1 fully saturated rings. The Labute approximate surface area is 124 Å². The molecule has 7 nitrogen and oxygen atoms in total. The summed E-state index contributed by atoms with van der Waals surface area (Å²) in [5, 5.41) is 14.5. The number of anilines is 1. The lowest BCUT2D eigenvalue weighted by atomic mass is 10.0. The topological polar surface area (TPSA) is 76.9 Å². The fourth-order valence-electron chi connectivity index (χ4n) is 2.51. The van der Waals surface area contributed by atoms with Gasteiger partial charge in [0.15, 0.2) is 11.5 Å². The van der Waals surface area contributed by atoms with Crippen LogP contribution in [0.3, 0.4) is 0 Å². The molecule has 0 unspecified atom stereocenters. The van der Waals surface area contributed by atoms with Gasteiger partial charge in [0.25, 0.3) is 5.69 Å². The molecule has 1 aliphatic heterocycles. The van der Waals surface area contributed by atoms with Crippen molar-refractivity contribution >= 4 is 11.4 Å². The molecule has 0 aliphatic carbocycles. The fraction of sp³-hybridized carbons (Fsp3) is 0.571. The number of ether oxygens (including phenoxy) is 2. The third kappa shape index (κ3) is 3.55. The smallest absolute Gasteiger partial charge is 0.296 e. The van der Waals surface area contributed by atoms with E-state index in [0.29, 0.717) is 17.2 Å². The molecule has 2 rings (SSSR count). The van der Waals surface area contributed by atoms with Crippen molar-refractivity contribution in [1.29, 1.82) is 0 Å². The molecule has 116 valence electrons. The monoisotopic (exact) mass is 295 g/mol. The van der Waals surface area contributed by atoms with Crippen LogP contribution in [0.15, 0.2) is 12.1 Å². The summed E-state index contributed by atoms with van der Waals surface area (Å²) in [5.74, 6) is 0.844. The molecule has 0 bridgehead atoms. The van der Waals surface area contributed by atoms with Gasteiger partial charge < -0.3 is 19.7 Å². The lowest BCUT2D eigenvalue weighted by Crippen LogP contribution is -2.36. The van der Waals surface area contributed by atoms with Crippen LogP contribution < -0.4 is 14.8 Å². The van der Waals surface area contributed by atoms with Crippen molar-refractivity contribution < 1.29 is 14.4 Å². The van der Waals surface area contributed by atoms with Crippen LogP contribution in [0.1, 0.15) is 12.8 Å². The highest BCUT2D eigenvalue weighted by molar-refractivity contribution is 5.68. The number of piperidine rings is 1. The number of nitrogens with one attached hydrogen (secondary N) is 1. The van der Waals surface area contributed by atoms with E-state index in [9.17, 15) is 10.1 Å². The van der Waals surface area contributed by atoms with E-state index in [4.69, 9.17) is 9.47 Å². The zero-order chi connectivity index (χ0) is 15.4. The van der Waals surface area contributed by atoms with Crippen molar-refractivity contribution in [1.82, 2.24) is 4.90 Å². The number of benzene rings is 1. The standard InChI is InChI=1S/C14H21N3O4/c1-16-6-4-10(5-7-16)15-11-8-13(20-2)14(21-3)9-12(11)17(18)19/h8-10,15H,4-7H2,1-3H3. The second kappa shape index (κ2) is 6.62. The minimum absolute atomic E-state index is 0.00609. The largest absolute Gasteiger partial charge is 0.493 e. The Morgan fingerprint density at radius 1 is 1.24 bits per heavy atom. The Morgan fingerprint density at radius 2 is 1.81 bits per heavy atom. The van der Waals surface area contributed by atoms with Crippen molar-refractivity contribution in [2.75, 3.05) is 39.7 Å². The Morgan fingerprint density at radius 3 is 2.33 bits per heavy atom. The maximum Gasteiger partial charge on any atom is 0.296 e. The number of nitro groups is 1. The lowest BCUT2D eigenvalue weighted by Gasteiger charge is -2.30. The number of methoxy groups -OCH3 is 2. The highest BCUT2D eigenvalue weighted by Gasteiger charge is 2.23. The highest BCUT2D eigenvalue weighted by Crippen LogP contribution is 2.38. The summed E-state index contributed by atoms with van der Waals surface area (Å²) >= 11 is 0. The van der Waals surface area contributed by atoms with Crippen LogP contribution in [0, 0.1) is 10.1 Å². The molecule has 7 heteroatoms. The van der Waals surface area contributed by atoms with Gasteiger partial charge in [0.05, 0.1) is 25.2 Å². The molecule has 1 aromatic carbocycles. The number of hydrogen-bond acceptors (Lipinski definition) is 6. The summed E-state index contributed by atoms with van der Waals surface area (Å²) < 4.78 is 10.3. The van der Waals surface area contributed by atoms with Crippen molar-refractivity contribution in [3.63, 3.8) is 0 Å². The van der Waals surface area contributed by atoms with Gasteiger partial charge in [-0.25, -0.2) is 0 Å². The van der Waals surface area contributed by atoms with Gasteiger partial charge in [-0.3, -0.25) is 10.1 Å². The summed E-state index contributed by atoms with van der Waals surface area (Å²) in [6.07, 6.45) is 1.92. The number of nitrogens with zero attached hydrogens (tertiary/aromatic N) is 2. The van der Waals surface area contributed by atoms with Gasteiger partial charge >= 0.3 is 0 Å². The summed E-state index contributed by atoms with van der Waals surface area (Å²) in [6.45, 7) is 1.97. The van der Waals surface area contributed by atoms with Crippen molar-refractivity contribution in [2.24, 2.45) is 0 Å². The van der Waals surface area contributed by atoms with Crippen LogP contribution >= 0.6 is 0 Å². The van der Waals surface area contributed by atoms with Crippen molar-refractivity contribution in [3.8, 4) is 11.5 Å². The molecule has 21 heavy (non-hydrogen) atoms. The minimum Gasteiger partial charge on any atom is -0.493 e. The first kappa shape index (κ1) is 15.4. The Hall–Kier alpha value is -2.02. The van der Waals surface area contributed by atoms with Gasteiger partial charge in [-0.05, 0) is 33.0 Å². The third-order valence-electron chi connectivity index (χ3n) is 3.78. The Balaban J connectivity index is 2.26. The van der Waals surface area contributed by atoms with Crippen LogP contribution in [0.25, 0.3) is 0 Å². The van der Waals surface area contributed by atoms with Crippen LogP contribution in [-0.2, 0) is 0 Å². The molecule has 1 aromatic rings. The van der Waals surface area contributed by atoms with Crippen molar-refractivity contribution in [3.05, 3.63) is 22.2 Å². The van der Waals surface area contributed by atoms with Gasteiger partial charge in [0.1, 0.15) is 5.69 Å². The van der Waals surface area contributed by atoms with E-state index < -0.39 is 4.92 Å². The Bertz CT molecular complexity index is 513. The zero-order valence-corrected chi connectivity index (χ0v) is 12.6. The molecule has 0 aromatic heterocycles. The number of nitro benzene ring substituents is 1. The van der Waals surface area contributed by atoms with Gasteiger partial charge in [0.2, 0.25) is 0 Å². The molecule has 1 heterocycles. The lowest BCUT2D eigenvalue weighted by molar-refractivity contribution is -0.384. The van der Waals surface area contributed by atoms with E-state index in [1.54, 1.807) is 6.07 Å². The average Bonchev–Trinajstić information content (AvgIpc) is 2.48. The van der Waals surface area contributed by atoms with Gasteiger partial charge in [-0.2, -0.15) is 0 Å². The first-order chi connectivity index (χ1) is 10.0. The molecule has 0 spiro atoms. The first-order valence-corrected chi connectivity index (χ1v) is 6.90. The normalized spacial score (nSPS) is 16.5. The first-order valence-electron chi connectivity index (χ1n) is 6.90. The van der Waals surface area contributed by atoms with Crippen LogP contribution in [0.4, 0.5) is 11.4 Å². The maximum absolute atomic E-state index is 11.2. The quantitative estimate of drug-likeness (QED) is 0.662. The van der Waals surface area contributed by atoms with E-state index >= 15 is 0 Å². The molecule has 1 N–H and O–H groups in total. The average molecular weight is 295 g/mol. The van der Waals surface area contributed by atoms with Crippen LogP contribution in [0.2, 0.25) is 0 Å². The third-order valence-corrected chi connectivity index (χ3v) is 3.78. The SMILES string of the molecule is COc1cc(NC2CCN(C)CC2)c([N+](=O)[O-])cc1OC. The number of rotatable bonds is 5. The highest BCUT2D eigenvalue weighted by atomic mass is 16.6. The predicted octanol–water partition coefficient (Wildman–Crippen LogP) is 2.12. The minimum atomic E-state index is -0.404. The second-order valence-corrected chi connectivity index (χ2v) is 5.20. The van der Waals surface area contributed by atoms with E-state index in [-0.39, 0.29) is 11.7 Å². The number of hydrogen-bond donors (Lipinski definition) is 1. The predicted molar refractivity (Wildman–Crippen MR) is 80.3 cm³/mol. The summed E-state index contributed by atoms with van der Waals surface area (Å²) in [5.41, 5.74) is 0.485. The molecule has 1 aliphatic rings. The molecule has 1 saturated heterocycles. The van der Waals surface area contributed by atoms with E-state index in [2.05, 4.69) is 17.3 Å². The fourth-order valence-corrected chi connectivity index (χ4v) is 2.51. The van der Waals surface area contributed by atoms with E-state index in [0.717, 1.165) is 25.9 Å². The molecule has 0 radical (unpaired) electrons. The summed E-state index contributed by atoms with van der Waals surface area (Å²) in [6, 6.07) is 3.27. The maximum atomic E-state index is 11.2. The second-order valence-electron chi connectivity index (χ2n) is 5.20. The molecule has 0 amide bonds. The van der Waals surface area contributed by atoms with Gasteiger partial charge in [0, 0.05) is 12.1 Å². The molecular formula is C14H21N3O4. The summed E-state index contributed by atoms with van der Waals surface area (Å²) in [4.78, 5) is 13.1.